The molecule has 0 aromatic heterocycles. The second kappa shape index (κ2) is 8.72. The van der Waals surface area contributed by atoms with Crippen molar-refractivity contribution < 1.29 is 4.74 Å². The van der Waals surface area contributed by atoms with E-state index in [2.05, 4.69) is 26.1 Å². The minimum absolute atomic E-state index is 0.279. The number of nitrogens with one attached hydrogen (secondary N) is 1. The van der Waals surface area contributed by atoms with Crippen molar-refractivity contribution in [1.82, 2.24) is 5.32 Å². The van der Waals surface area contributed by atoms with E-state index in [0.717, 1.165) is 35.1 Å². The van der Waals surface area contributed by atoms with Crippen LogP contribution in [0.15, 0.2) is 18.2 Å². The fourth-order valence-electron chi connectivity index (χ4n) is 1.84. The molecule has 19 heavy (non-hydrogen) atoms. The van der Waals surface area contributed by atoms with Crippen LogP contribution in [0.2, 0.25) is 5.02 Å². The Morgan fingerprint density at radius 2 is 2.11 bits per heavy atom. The molecule has 2 nitrogen and oxygen atoms in total. The van der Waals surface area contributed by atoms with Gasteiger partial charge in [-0.15, -0.1) is 0 Å². The molecule has 0 bridgehead atoms. The smallest absolute Gasteiger partial charge is 0.123 e. The molecular weight excluding hydrogens is 278 g/mol. The Morgan fingerprint density at radius 1 is 1.37 bits per heavy atom. The van der Waals surface area contributed by atoms with Gasteiger partial charge in [0.05, 0.1) is 7.11 Å². The largest absolute Gasteiger partial charge is 0.496 e. The third-order valence-corrected chi connectivity index (χ3v) is 4.23. The second-order valence-electron chi connectivity index (χ2n) is 4.78. The number of ether oxygens (including phenoxy) is 1. The van der Waals surface area contributed by atoms with Crippen LogP contribution in [0.25, 0.3) is 0 Å². The SMILES string of the molecule is CCCNC(CSC(C)C)c1cc(Cl)ccc1OC. The van der Waals surface area contributed by atoms with E-state index in [9.17, 15) is 0 Å². The molecule has 0 aliphatic heterocycles. The monoisotopic (exact) mass is 301 g/mol. The number of benzene rings is 1. The summed E-state index contributed by atoms with van der Waals surface area (Å²) in [7, 11) is 1.71. The molecule has 1 atom stereocenters. The Kier molecular flexibility index (Phi) is 7.66. The van der Waals surface area contributed by atoms with Crippen molar-refractivity contribution in [3.63, 3.8) is 0 Å². The second-order valence-corrected chi connectivity index (χ2v) is 6.82. The fourth-order valence-corrected chi connectivity index (χ4v) is 2.90. The topological polar surface area (TPSA) is 21.3 Å². The fraction of sp³-hybridized carbons (Fsp3) is 0.600. The van der Waals surface area contributed by atoms with Crippen LogP contribution in [0.5, 0.6) is 5.75 Å². The summed E-state index contributed by atoms with van der Waals surface area (Å²) in [6, 6.07) is 6.10. The van der Waals surface area contributed by atoms with Crippen molar-refractivity contribution in [2.45, 2.75) is 38.5 Å². The molecule has 4 heteroatoms. The van der Waals surface area contributed by atoms with Gasteiger partial charge < -0.3 is 10.1 Å². The van der Waals surface area contributed by atoms with Gasteiger partial charge in [-0.1, -0.05) is 32.4 Å². The van der Waals surface area contributed by atoms with Crippen LogP contribution in [-0.4, -0.2) is 24.7 Å². The highest BCUT2D eigenvalue weighted by molar-refractivity contribution is 7.99. The van der Waals surface area contributed by atoms with Gasteiger partial charge in [-0.3, -0.25) is 0 Å². The first kappa shape index (κ1) is 16.7. The summed E-state index contributed by atoms with van der Waals surface area (Å²) in [6.07, 6.45) is 1.12. The third-order valence-electron chi connectivity index (χ3n) is 2.80. The highest BCUT2D eigenvalue weighted by Gasteiger charge is 2.16. The van der Waals surface area contributed by atoms with E-state index in [-0.39, 0.29) is 6.04 Å². The maximum Gasteiger partial charge on any atom is 0.123 e. The summed E-state index contributed by atoms with van der Waals surface area (Å²) >= 11 is 8.07. The lowest BCUT2D eigenvalue weighted by molar-refractivity contribution is 0.402. The molecule has 0 heterocycles. The lowest BCUT2D eigenvalue weighted by Gasteiger charge is -2.22. The zero-order chi connectivity index (χ0) is 14.3. The van der Waals surface area contributed by atoms with E-state index in [0.29, 0.717) is 5.25 Å². The molecule has 0 aliphatic rings. The van der Waals surface area contributed by atoms with E-state index in [1.165, 1.54) is 0 Å². The Labute approximate surface area is 126 Å². The van der Waals surface area contributed by atoms with Crippen molar-refractivity contribution in [2.75, 3.05) is 19.4 Å². The molecule has 0 amide bonds. The Balaban J connectivity index is 2.90. The molecule has 108 valence electrons. The average Bonchev–Trinajstić information content (AvgIpc) is 2.38. The van der Waals surface area contributed by atoms with E-state index in [4.69, 9.17) is 16.3 Å². The number of hydrogen-bond donors (Lipinski definition) is 1. The van der Waals surface area contributed by atoms with Crippen LogP contribution < -0.4 is 10.1 Å². The van der Waals surface area contributed by atoms with Gasteiger partial charge in [-0.2, -0.15) is 11.8 Å². The van der Waals surface area contributed by atoms with E-state index < -0.39 is 0 Å². The van der Waals surface area contributed by atoms with Gasteiger partial charge in [-0.25, -0.2) is 0 Å². The average molecular weight is 302 g/mol. The van der Waals surface area contributed by atoms with Crippen molar-refractivity contribution in [2.24, 2.45) is 0 Å². The highest BCUT2D eigenvalue weighted by atomic mass is 35.5. The van der Waals surface area contributed by atoms with Gasteiger partial charge in [0.15, 0.2) is 0 Å². The predicted octanol–water partition coefficient (Wildman–Crippen LogP) is 4.53. The zero-order valence-electron chi connectivity index (χ0n) is 12.2. The lowest BCUT2D eigenvalue weighted by atomic mass is 10.1. The lowest BCUT2D eigenvalue weighted by Crippen LogP contribution is -2.25. The van der Waals surface area contributed by atoms with Gasteiger partial charge in [-0.05, 0) is 36.4 Å². The van der Waals surface area contributed by atoms with Crippen molar-refractivity contribution in [1.29, 1.82) is 0 Å². The number of methoxy groups -OCH3 is 1. The molecule has 0 aliphatic carbocycles. The Morgan fingerprint density at radius 3 is 2.68 bits per heavy atom. The highest BCUT2D eigenvalue weighted by Crippen LogP contribution is 2.31. The molecule has 0 saturated heterocycles. The Bertz CT molecular complexity index is 384. The third kappa shape index (κ3) is 5.64. The predicted molar refractivity (Wildman–Crippen MR) is 86.6 cm³/mol. The van der Waals surface area contributed by atoms with Crippen molar-refractivity contribution >= 4 is 23.4 Å². The van der Waals surface area contributed by atoms with Crippen LogP contribution in [0.4, 0.5) is 0 Å². The van der Waals surface area contributed by atoms with Crippen molar-refractivity contribution in [3.05, 3.63) is 28.8 Å². The Hall–Kier alpha value is -0.380. The van der Waals surface area contributed by atoms with E-state index in [1.54, 1.807) is 7.11 Å². The summed E-state index contributed by atoms with van der Waals surface area (Å²) in [4.78, 5) is 0. The maximum atomic E-state index is 6.12. The van der Waals surface area contributed by atoms with Crippen LogP contribution in [0.3, 0.4) is 0 Å². The van der Waals surface area contributed by atoms with Crippen LogP contribution in [-0.2, 0) is 0 Å². The molecule has 0 radical (unpaired) electrons. The number of hydrogen-bond acceptors (Lipinski definition) is 3. The standard InChI is InChI=1S/C15H24ClNOS/c1-5-8-17-14(10-19-11(2)3)13-9-12(16)6-7-15(13)18-4/h6-7,9,11,14,17H,5,8,10H2,1-4H3. The van der Waals surface area contributed by atoms with Crippen LogP contribution in [0, 0.1) is 0 Å². The number of rotatable bonds is 8. The summed E-state index contributed by atoms with van der Waals surface area (Å²) in [5.74, 6) is 1.93. The minimum atomic E-state index is 0.279. The molecule has 1 unspecified atom stereocenters. The van der Waals surface area contributed by atoms with Crippen LogP contribution >= 0.6 is 23.4 Å². The quantitative estimate of drug-likeness (QED) is 0.762. The van der Waals surface area contributed by atoms with Gasteiger partial charge in [0.25, 0.3) is 0 Å². The molecule has 1 rings (SSSR count). The molecular formula is C15H24ClNOS. The molecule has 1 N–H and O–H groups in total. The summed E-state index contributed by atoms with van der Waals surface area (Å²) in [5.41, 5.74) is 1.15. The summed E-state index contributed by atoms with van der Waals surface area (Å²) < 4.78 is 5.46. The molecule has 1 aromatic rings. The van der Waals surface area contributed by atoms with Gasteiger partial charge in [0, 0.05) is 22.4 Å². The van der Waals surface area contributed by atoms with Gasteiger partial charge in [0.1, 0.15) is 5.75 Å². The molecule has 0 fully saturated rings. The number of thioether (sulfide) groups is 1. The molecule has 1 aromatic carbocycles. The maximum absolute atomic E-state index is 6.12. The van der Waals surface area contributed by atoms with Gasteiger partial charge in [0.2, 0.25) is 0 Å². The minimum Gasteiger partial charge on any atom is -0.496 e. The van der Waals surface area contributed by atoms with Crippen LogP contribution in [0.1, 0.15) is 38.8 Å². The number of halogens is 1. The first-order valence-electron chi connectivity index (χ1n) is 6.76. The first-order chi connectivity index (χ1) is 9.08. The normalized spacial score (nSPS) is 12.7. The van der Waals surface area contributed by atoms with E-state index >= 15 is 0 Å². The molecule has 0 spiro atoms. The summed E-state index contributed by atoms with van der Waals surface area (Å²) in [5, 5.41) is 4.96. The first-order valence-corrected chi connectivity index (χ1v) is 8.19. The van der Waals surface area contributed by atoms with Crippen molar-refractivity contribution in [3.8, 4) is 5.75 Å². The van der Waals surface area contributed by atoms with E-state index in [1.807, 2.05) is 30.0 Å². The molecule has 0 saturated carbocycles. The summed E-state index contributed by atoms with van der Waals surface area (Å²) in [6.45, 7) is 7.61. The van der Waals surface area contributed by atoms with Gasteiger partial charge >= 0.3 is 0 Å². The zero-order valence-corrected chi connectivity index (χ0v) is 13.8.